The Kier molecular flexibility index (Phi) is 8.48. The van der Waals surface area contributed by atoms with Gasteiger partial charge in [0.2, 0.25) is 21.8 Å². The summed E-state index contributed by atoms with van der Waals surface area (Å²) in [5.41, 5.74) is -0.214. The van der Waals surface area contributed by atoms with Gasteiger partial charge in [0, 0.05) is 17.1 Å². The molecule has 7 nitrogen and oxygen atoms in total. The summed E-state index contributed by atoms with van der Waals surface area (Å²) in [6, 6.07) is 11.2. The molecule has 0 aromatic heterocycles. The normalized spacial score (nSPS) is 12.7. The molecule has 0 saturated carbocycles. The third-order valence-electron chi connectivity index (χ3n) is 4.76. The monoisotopic (exact) mass is 497 g/mol. The molecular formula is C23H29ClFN3O4S. The summed E-state index contributed by atoms with van der Waals surface area (Å²) in [5, 5.41) is 3.22. The van der Waals surface area contributed by atoms with Gasteiger partial charge in [0.05, 0.1) is 11.9 Å². The number of carbonyl (C=O) groups is 2. The third-order valence-corrected chi connectivity index (χ3v) is 6.26. The SMILES string of the molecule is C[C@H](C(=O)NC(C)(C)C)N(Cc1ccccc1Cl)C(=O)CN(c1ccccc1F)S(C)(=O)=O. The van der Waals surface area contributed by atoms with Crippen LogP contribution in [-0.2, 0) is 26.2 Å². The molecule has 0 saturated heterocycles. The number of nitrogens with one attached hydrogen (secondary N) is 1. The summed E-state index contributed by atoms with van der Waals surface area (Å²) >= 11 is 6.26. The molecule has 0 heterocycles. The fourth-order valence-electron chi connectivity index (χ4n) is 3.12. The van der Waals surface area contributed by atoms with E-state index in [4.69, 9.17) is 11.6 Å². The zero-order chi connectivity index (χ0) is 25.0. The van der Waals surface area contributed by atoms with E-state index in [1.54, 1.807) is 52.0 Å². The van der Waals surface area contributed by atoms with E-state index in [9.17, 15) is 22.4 Å². The standard InChI is InChI=1S/C23H29ClFN3O4S/c1-16(22(30)26-23(2,3)4)27(14-17-10-6-7-11-18(17)24)21(29)15-28(33(5,31)32)20-13-9-8-12-19(20)25/h6-13,16H,14-15H2,1-5H3,(H,26,30)/t16-/m1/s1. The summed E-state index contributed by atoms with van der Waals surface area (Å²) < 4.78 is 39.9. The summed E-state index contributed by atoms with van der Waals surface area (Å²) in [4.78, 5) is 27.5. The first-order chi connectivity index (χ1) is 15.2. The molecule has 2 aromatic carbocycles. The quantitative estimate of drug-likeness (QED) is 0.604. The van der Waals surface area contributed by atoms with Crippen molar-refractivity contribution in [2.75, 3.05) is 17.1 Å². The molecule has 0 fully saturated rings. The topological polar surface area (TPSA) is 86.8 Å². The van der Waals surface area contributed by atoms with Crippen LogP contribution in [0.1, 0.15) is 33.3 Å². The van der Waals surface area contributed by atoms with Crippen molar-refractivity contribution in [2.45, 2.75) is 45.8 Å². The van der Waals surface area contributed by atoms with Gasteiger partial charge < -0.3 is 10.2 Å². The first-order valence-corrected chi connectivity index (χ1v) is 12.5. The second kappa shape index (κ2) is 10.5. The van der Waals surface area contributed by atoms with Gasteiger partial charge in [-0.3, -0.25) is 13.9 Å². The molecule has 0 unspecified atom stereocenters. The molecule has 0 aliphatic rings. The number of hydrogen-bond acceptors (Lipinski definition) is 4. The van der Waals surface area contributed by atoms with Crippen LogP contribution in [0.3, 0.4) is 0 Å². The second-order valence-corrected chi connectivity index (χ2v) is 11.1. The summed E-state index contributed by atoms with van der Waals surface area (Å²) in [5.74, 6) is -1.88. The first-order valence-electron chi connectivity index (χ1n) is 10.3. The molecule has 2 amide bonds. The number of benzene rings is 2. The van der Waals surface area contributed by atoms with E-state index in [0.717, 1.165) is 12.3 Å². The van der Waals surface area contributed by atoms with E-state index in [1.165, 1.54) is 23.1 Å². The Balaban J connectivity index is 2.43. The molecule has 0 bridgehead atoms. The highest BCUT2D eigenvalue weighted by molar-refractivity contribution is 7.92. The predicted molar refractivity (Wildman–Crippen MR) is 128 cm³/mol. The number of halogens is 2. The molecule has 0 aliphatic carbocycles. The van der Waals surface area contributed by atoms with Crippen LogP contribution in [0.5, 0.6) is 0 Å². The fourth-order valence-corrected chi connectivity index (χ4v) is 4.16. The second-order valence-electron chi connectivity index (χ2n) is 8.75. The van der Waals surface area contributed by atoms with E-state index in [-0.39, 0.29) is 12.2 Å². The van der Waals surface area contributed by atoms with Gasteiger partial charge in [-0.25, -0.2) is 12.8 Å². The number of para-hydroxylation sites is 1. The number of sulfonamides is 1. The molecule has 2 rings (SSSR count). The maximum Gasteiger partial charge on any atom is 0.244 e. The van der Waals surface area contributed by atoms with Crippen molar-refractivity contribution < 1.29 is 22.4 Å². The van der Waals surface area contributed by atoms with Gasteiger partial charge in [0.25, 0.3) is 0 Å². The van der Waals surface area contributed by atoms with Crippen LogP contribution in [0.15, 0.2) is 48.5 Å². The van der Waals surface area contributed by atoms with Crippen LogP contribution < -0.4 is 9.62 Å². The number of rotatable bonds is 8. The van der Waals surface area contributed by atoms with Crippen LogP contribution in [0.4, 0.5) is 10.1 Å². The van der Waals surface area contributed by atoms with Gasteiger partial charge in [-0.1, -0.05) is 41.9 Å². The Morgan fingerprint density at radius 1 is 1.09 bits per heavy atom. The molecule has 0 spiro atoms. The van der Waals surface area contributed by atoms with Gasteiger partial charge in [-0.15, -0.1) is 0 Å². The van der Waals surface area contributed by atoms with Crippen molar-refractivity contribution in [3.63, 3.8) is 0 Å². The predicted octanol–water partition coefficient (Wildman–Crippen LogP) is 3.58. The van der Waals surface area contributed by atoms with Crippen LogP contribution in [0.25, 0.3) is 0 Å². The molecule has 1 N–H and O–H groups in total. The average molecular weight is 498 g/mol. The van der Waals surface area contributed by atoms with Crippen molar-refractivity contribution in [1.82, 2.24) is 10.2 Å². The largest absolute Gasteiger partial charge is 0.350 e. The average Bonchev–Trinajstić information content (AvgIpc) is 2.69. The van der Waals surface area contributed by atoms with Gasteiger partial charge in [0.15, 0.2) is 0 Å². The smallest absolute Gasteiger partial charge is 0.244 e. The minimum atomic E-state index is -4.01. The maximum absolute atomic E-state index is 14.4. The van der Waals surface area contributed by atoms with E-state index >= 15 is 0 Å². The van der Waals surface area contributed by atoms with Crippen LogP contribution in [-0.4, -0.2) is 49.5 Å². The minimum absolute atomic E-state index is 0.0356. The molecule has 33 heavy (non-hydrogen) atoms. The van der Waals surface area contributed by atoms with Gasteiger partial charge in [-0.2, -0.15) is 0 Å². The maximum atomic E-state index is 14.4. The Morgan fingerprint density at radius 2 is 1.67 bits per heavy atom. The Bertz CT molecular complexity index is 1120. The lowest BCUT2D eigenvalue weighted by molar-refractivity contribution is -0.140. The number of hydrogen-bond donors (Lipinski definition) is 1. The lowest BCUT2D eigenvalue weighted by Crippen LogP contribution is -2.54. The fraction of sp³-hybridized carbons (Fsp3) is 0.391. The number of nitrogens with zero attached hydrogens (tertiary/aromatic N) is 2. The summed E-state index contributed by atoms with van der Waals surface area (Å²) in [7, 11) is -4.01. The molecule has 2 aromatic rings. The minimum Gasteiger partial charge on any atom is -0.350 e. The molecule has 180 valence electrons. The van der Waals surface area contributed by atoms with Crippen LogP contribution >= 0.6 is 11.6 Å². The van der Waals surface area contributed by atoms with Gasteiger partial charge >= 0.3 is 0 Å². The van der Waals surface area contributed by atoms with Crippen molar-refractivity contribution in [2.24, 2.45) is 0 Å². The van der Waals surface area contributed by atoms with Crippen LogP contribution in [0.2, 0.25) is 5.02 Å². The number of anilines is 1. The summed E-state index contributed by atoms with van der Waals surface area (Å²) in [6.07, 6.45) is 0.890. The zero-order valence-corrected chi connectivity index (χ0v) is 20.9. The zero-order valence-electron chi connectivity index (χ0n) is 19.3. The highest BCUT2D eigenvalue weighted by Crippen LogP contribution is 2.23. The van der Waals surface area contributed by atoms with E-state index < -0.39 is 45.8 Å². The number of amides is 2. The Labute approximate surface area is 199 Å². The highest BCUT2D eigenvalue weighted by atomic mass is 35.5. The lowest BCUT2D eigenvalue weighted by atomic mass is 10.1. The van der Waals surface area contributed by atoms with E-state index in [1.807, 2.05) is 0 Å². The van der Waals surface area contributed by atoms with Gasteiger partial charge in [-0.05, 0) is 51.5 Å². The lowest BCUT2D eigenvalue weighted by Gasteiger charge is -2.33. The van der Waals surface area contributed by atoms with Crippen LogP contribution in [0, 0.1) is 5.82 Å². The van der Waals surface area contributed by atoms with E-state index in [0.29, 0.717) is 14.9 Å². The van der Waals surface area contributed by atoms with Gasteiger partial charge in [0.1, 0.15) is 18.4 Å². The third kappa shape index (κ3) is 7.43. The Morgan fingerprint density at radius 3 is 2.21 bits per heavy atom. The van der Waals surface area contributed by atoms with Crippen molar-refractivity contribution >= 4 is 39.1 Å². The van der Waals surface area contributed by atoms with Crippen molar-refractivity contribution in [1.29, 1.82) is 0 Å². The molecule has 0 radical (unpaired) electrons. The van der Waals surface area contributed by atoms with Crippen molar-refractivity contribution in [3.8, 4) is 0 Å². The molecule has 0 aliphatic heterocycles. The molecule has 10 heteroatoms. The van der Waals surface area contributed by atoms with Crippen molar-refractivity contribution in [3.05, 3.63) is 64.9 Å². The first kappa shape index (κ1) is 26.6. The molecular weight excluding hydrogens is 469 g/mol. The Hall–Kier alpha value is -2.65. The van der Waals surface area contributed by atoms with E-state index in [2.05, 4.69) is 5.32 Å². The molecule has 1 atom stereocenters. The highest BCUT2D eigenvalue weighted by Gasteiger charge is 2.32. The number of carbonyl (C=O) groups excluding carboxylic acids is 2. The summed E-state index contributed by atoms with van der Waals surface area (Å²) in [6.45, 7) is 6.25.